The molecule has 2 aliphatic rings. The van der Waals surface area contributed by atoms with Crippen molar-refractivity contribution in [2.45, 2.75) is 38.0 Å². The number of esters is 1. The van der Waals surface area contributed by atoms with Gasteiger partial charge in [0.1, 0.15) is 6.10 Å². The van der Waals surface area contributed by atoms with Gasteiger partial charge in [-0.05, 0) is 36.6 Å². The van der Waals surface area contributed by atoms with Crippen LogP contribution < -0.4 is 4.90 Å². The van der Waals surface area contributed by atoms with E-state index in [4.69, 9.17) is 9.47 Å². The Morgan fingerprint density at radius 1 is 1.10 bits per heavy atom. The summed E-state index contributed by atoms with van der Waals surface area (Å²) in [4.78, 5) is 29.3. The molecule has 0 radical (unpaired) electrons. The molecule has 1 fully saturated rings. The monoisotopic (exact) mass is 408 g/mol. The lowest BCUT2D eigenvalue weighted by Crippen LogP contribution is -2.37. The number of anilines is 1. The predicted molar refractivity (Wildman–Crippen MR) is 114 cm³/mol. The van der Waals surface area contributed by atoms with Crippen LogP contribution in [-0.2, 0) is 20.8 Å². The molecule has 0 spiro atoms. The molecule has 0 unspecified atom stereocenters. The third kappa shape index (κ3) is 4.49. The van der Waals surface area contributed by atoms with Gasteiger partial charge in [0.25, 0.3) is 0 Å². The van der Waals surface area contributed by atoms with Crippen molar-refractivity contribution in [1.29, 1.82) is 0 Å². The quantitative estimate of drug-likeness (QED) is 0.656. The maximum Gasteiger partial charge on any atom is 0.339 e. The molecule has 2 atom stereocenters. The van der Waals surface area contributed by atoms with Crippen LogP contribution in [0.25, 0.3) is 0 Å². The summed E-state index contributed by atoms with van der Waals surface area (Å²) in [5, 5.41) is 0. The zero-order valence-corrected chi connectivity index (χ0v) is 17.5. The number of benzene rings is 2. The molecular formula is C24H28N2O4. The molecule has 2 aromatic rings. The van der Waals surface area contributed by atoms with Gasteiger partial charge < -0.3 is 19.3 Å². The molecule has 6 nitrogen and oxygen atoms in total. The number of nitrogens with zero attached hydrogens (tertiary/aromatic N) is 2. The molecular weight excluding hydrogens is 380 g/mol. The lowest BCUT2D eigenvalue weighted by Gasteiger charge is -2.27. The average Bonchev–Trinajstić information content (AvgIpc) is 3.36. The van der Waals surface area contributed by atoms with Crippen LogP contribution in [0.15, 0.2) is 48.5 Å². The van der Waals surface area contributed by atoms with E-state index in [1.54, 1.807) is 6.07 Å². The number of hydrogen-bond donors (Lipinski definition) is 0. The highest BCUT2D eigenvalue weighted by Gasteiger charge is 2.34. The maximum atomic E-state index is 13.3. The first-order valence-corrected chi connectivity index (χ1v) is 10.5. The van der Waals surface area contributed by atoms with Gasteiger partial charge in [-0.3, -0.25) is 4.79 Å². The molecule has 6 heteroatoms. The van der Waals surface area contributed by atoms with Crippen molar-refractivity contribution in [2.24, 2.45) is 0 Å². The highest BCUT2D eigenvalue weighted by molar-refractivity contribution is 5.94. The van der Waals surface area contributed by atoms with Crippen LogP contribution in [0, 0.1) is 0 Å². The predicted octanol–water partition coefficient (Wildman–Crippen LogP) is 3.56. The van der Waals surface area contributed by atoms with Gasteiger partial charge in [-0.1, -0.05) is 30.3 Å². The molecule has 0 aliphatic carbocycles. The van der Waals surface area contributed by atoms with Crippen molar-refractivity contribution in [3.8, 4) is 0 Å². The van der Waals surface area contributed by atoms with Crippen molar-refractivity contribution >= 4 is 17.6 Å². The molecule has 1 saturated heterocycles. The summed E-state index contributed by atoms with van der Waals surface area (Å²) in [5.41, 5.74) is 3.53. The van der Waals surface area contributed by atoms with E-state index in [9.17, 15) is 9.59 Å². The highest BCUT2D eigenvalue weighted by atomic mass is 16.5. The molecule has 0 aromatic heterocycles. The van der Waals surface area contributed by atoms with Crippen LogP contribution in [0.5, 0.6) is 0 Å². The summed E-state index contributed by atoms with van der Waals surface area (Å²) in [6.45, 7) is 1.81. The average molecular weight is 408 g/mol. The Hall–Kier alpha value is -2.86. The van der Waals surface area contributed by atoms with Crippen LogP contribution in [0.4, 0.5) is 5.69 Å². The summed E-state index contributed by atoms with van der Waals surface area (Å²) in [7, 11) is 4.01. The molecule has 4 rings (SSSR count). The van der Waals surface area contributed by atoms with Gasteiger partial charge in [0.2, 0.25) is 5.91 Å². The van der Waals surface area contributed by atoms with E-state index in [1.807, 2.05) is 42.1 Å². The lowest BCUT2D eigenvalue weighted by molar-refractivity contribution is -0.135. The third-order valence-electron chi connectivity index (χ3n) is 5.76. The fraction of sp³-hybridized carbons (Fsp3) is 0.417. The van der Waals surface area contributed by atoms with Crippen LogP contribution in [0.1, 0.15) is 46.9 Å². The molecule has 0 saturated carbocycles. The van der Waals surface area contributed by atoms with Gasteiger partial charge in [0.05, 0.1) is 18.1 Å². The zero-order chi connectivity index (χ0) is 21.1. The van der Waals surface area contributed by atoms with E-state index < -0.39 is 6.10 Å². The van der Waals surface area contributed by atoms with E-state index in [1.165, 1.54) is 0 Å². The first-order chi connectivity index (χ1) is 14.5. The van der Waals surface area contributed by atoms with Crippen molar-refractivity contribution in [3.63, 3.8) is 0 Å². The molecule has 0 N–H and O–H groups in total. The second-order valence-corrected chi connectivity index (χ2v) is 8.16. The Bertz CT molecular complexity index is 904. The Morgan fingerprint density at radius 3 is 2.57 bits per heavy atom. The lowest BCUT2D eigenvalue weighted by atomic mass is 10.0. The number of fused-ring (bicyclic) bond motifs is 1. The molecule has 30 heavy (non-hydrogen) atoms. The first-order valence-electron chi connectivity index (χ1n) is 10.5. The van der Waals surface area contributed by atoms with Gasteiger partial charge in [0, 0.05) is 45.0 Å². The molecule has 2 aliphatic heterocycles. The van der Waals surface area contributed by atoms with Gasteiger partial charge in [0.15, 0.2) is 0 Å². The minimum Gasteiger partial charge on any atom is -0.453 e. The number of hydrogen-bond acceptors (Lipinski definition) is 5. The molecule has 1 amide bonds. The minimum atomic E-state index is -0.524. The Kier molecular flexibility index (Phi) is 6.04. The fourth-order valence-corrected chi connectivity index (χ4v) is 4.07. The first kappa shape index (κ1) is 20.4. The number of carbonyl (C=O) groups excluding carboxylic acids is 2. The number of cyclic esters (lactones) is 1. The number of carbonyl (C=O) groups is 2. The van der Waals surface area contributed by atoms with Crippen molar-refractivity contribution < 1.29 is 19.1 Å². The zero-order valence-electron chi connectivity index (χ0n) is 17.5. The highest BCUT2D eigenvalue weighted by Crippen LogP contribution is 2.33. The van der Waals surface area contributed by atoms with Crippen LogP contribution in [0.3, 0.4) is 0 Å². The van der Waals surface area contributed by atoms with E-state index in [0.29, 0.717) is 18.7 Å². The summed E-state index contributed by atoms with van der Waals surface area (Å²) >= 11 is 0. The maximum absolute atomic E-state index is 13.3. The molecule has 158 valence electrons. The van der Waals surface area contributed by atoms with Gasteiger partial charge >= 0.3 is 5.97 Å². The van der Waals surface area contributed by atoms with Gasteiger partial charge in [-0.25, -0.2) is 4.79 Å². The minimum absolute atomic E-state index is 0.0308. The second kappa shape index (κ2) is 8.88. The summed E-state index contributed by atoms with van der Waals surface area (Å²) in [6.07, 6.45) is 1.67. The number of ether oxygens (including phenoxy) is 2. The van der Waals surface area contributed by atoms with E-state index in [2.05, 4.69) is 24.3 Å². The third-order valence-corrected chi connectivity index (χ3v) is 5.76. The molecule has 2 aromatic carbocycles. The Balaban J connectivity index is 1.49. The summed E-state index contributed by atoms with van der Waals surface area (Å²) < 4.78 is 11.3. The van der Waals surface area contributed by atoms with Crippen LogP contribution in [-0.4, -0.2) is 50.1 Å². The standard InChI is InChI=1S/C24H28N2O4/c1-25(2)18-11-9-17(10-12-18)15-26(16-19-6-5-13-29-19)23(27)14-22-20-7-3-4-8-21(20)24(28)30-22/h3-4,7-12,19,22H,5-6,13-16H2,1-2H3/t19-,22-/m0/s1. The molecule has 0 bridgehead atoms. The SMILES string of the molecule is CN(C)c1ccc(CN(C[C@@H]2CCCO2)C(=O)C[C@@H]2OC(=O)c3ccccc32)cc1. The number of amides is 1. The summed E-state index contributed by atoms with van der Waals surface area (Å²) in [5.74, 6) is -0.384. The van der Waals surface area contributed by atoms with Crippen LogP contribution in [0.2, 0.25) is 0 Å². The van der Waals surface area contributed by atoms with Gasteiger partial charge in [-0.15, -0.1) is 0 Å². The van der Waals surface area contributed by atoms with Crippen molar-refractivity contribution in [3.05, 3.63) is 65.2 Å². The fourth-order valence-electron chi connectivity index (χ4n) is 4.07. The smallest absolute Gasteiger partial charge is 0.339 e. The normalized spacial score (nSPS) is 20.0. The van der Waals surface area contributed by atoms with Crippen LogP contribution >= 0.6 is 0 Å². The number of rotatable bonds is 7. The van der Waals surface area contributed by atoms with Crippen molar-refractivity contribution in [1.82, 2.24) is 4.90 Å². The Morgan fingerprint density at radius 2 is 1.87 bits per heavy atom. The van der Waals surface area contributed by atoms with E-state index in [0.717, 1.165) is 36.3 Å². The topological polar surface area (TPSA) is 59.1 Å². The Labute approximate surface area is 177 Å². The second-order valence-electron chi connectivity index (χ2n) is 8.16. The molecule has 2 heterocycles. The van der Waals surface area contributed by atoms with E-state index >= 15 is 0 Å². The summed E-state index contributed by atoms with van der Waals surface area (Å²) in [6, 6.07) is 15.5. The largest absolute Gasteiger partial charge is 0.453 e. The van der Waals surface area contributed by atoms with Crippen molar-refractivity contribution in [2.75, 3.05) is 32.1 Å². The van der Waals surface area contributed by atoms with E-state index in [-0.39, 0.29) is 24.4 Å². The van der Waals surface area contributed by atoms with Gasteiger partial charge in [-0.2, -0.15) is 0 Å².